The first-order valence-corrected chi connectivity index (χ1v) is 3.40. The van der Waals surface area contributed by atoms with Gasteiger partial charge in [0.1, 0.15) is 5.75 Å². The van der Waals surface area contributed by atoms with E-state index in [2.05, 4.69) is 4.74 Å². The van der Waals surface area contributed by atoms with Gasteiger partial charge in [0, 0.05) is 11.8 Å². The summed E-state index contributed by atoms with van der Waals surface area (Å²) in [5.74, 6) is 0.0995. The van der Waals surface area contributed by atoms with E-state index in [1.54, 1.807) is 13.0 Å². The molecule has 1 aromatic carbocycles. The fourth-order valence-corrected chi connectivity index (χ4v) is 0.947. The SMILES string of the molecule is Cc1cc(N)cc(OC(F)F)c1. The Kier molecular flexibility index (Phi) is 2.47. The molecule has 0 spiro atoms. The highest BCUT2D eigenvalue weighted by atomic mass is 19.3. The van der Waals surface area contributed by atoms with Crippen LogP contribution in [0.15, 0.2) is 18.2 Å². The molecule has 0 aliphatic rings. The number of nitrogen functional groups attached to an aromatic ring is 1. The van der Waals surface area contributed by atoms with Crippen molar-refractivity contribution in [1.82, 2.24) is 0 Å². The van der Waals surface area contributed by atoms with Gasteiger partial charge in [-0.1, -0.05) is 0 Å². The van der Waals surface area contributed by atoms with Crippen LogP contribution in [-0.4, -0.2) is 6.61 Å². The molecule has 0 aromatic heterocycles. The second-order valence-electron chi connectivity index (χ2n) is 2.46. The van der Waals surface area contributed by atoms with Crippen molar-refractivity contribution >= 4 is 5.69 Å². The number of halogens is 2. The summed E-state index contributed by atoms with van der Waals surface area (Å²) >= 11 is 0. The van der Waals surface area contributed by atoms with Gasteiger partial charge in [-0.05, 0) is 24.6 Å². The lowest BCUT2D eigenvalue weighted by Gasteiger charge is -2.05. The van der Waals surface area contributed by atoms with E-state index in [9.17, 15) is 8.78 Å². The van der Waals surface area contributed by atoms with Gasteiger partial charge in [0.2, 0.25) is 0 Å². The normalized spacial score (nSPS) is 10.3. The van der Waals surface area contributed by atoms with Crippen LogP contribution in [0.3, 0.4) is 0 Å². The van der Waals surface area contributed by atoms with Gasteiger partial charge in [-0.25, -0.2) is 0 Å². The Morgan fingerprint density at radius 1 is 1.33 bits per heavy atom. The molecule has 4 heteroatoms. The van der Waals surface area contributed by atoms with E-state index in [1.165, 1.54) is 12.1 Å². The van der Waals surface area contributed by atoms with Gasteiger partial charge in [-0.2, -0.15) is 8.78 Å². The third-order valence-electron chi connectivity index (χ3n) is 1.30. The molecule has 0 atom stereocenters. The van der Waals surface area contributed by atoms with Crippen molar-refractivity contribution in [2.75, 3.05) is 5.73 Å². The topological polar surface area (TPSA) is 35.2 Å². The van der Waals surface area contributed by atoms with Gasteiger partial charge in [0.05, 0.1) is 0 Å². The van der Waals surface area contributed by atoms with E-state index in [0.29, 0.717) is 5.69 Å². The van der Waals surface area contributed by atoms with E-state index in [-0.39, 0.29) is 5.75 Å². The molecule has 0 aliphatic carbocycles. The van der Waals surface area contributed by atoms with Crippen LogP contribution in [0, 0.1) is 6.92 Å². The Labute approximate surface area is 68.9 Å². The third kappa shape index (κ3) is 2.38. The van der Waals surface area contributed by atoms with Crippen molar-refractivity contribution < 1.29 is 13.5 Å². The van der Waals surface area contributed by atoms with Gasteiger partial charge in [-0.3, -0.25) is 0 Å². The summed E-state index contributed by atoms with van der Waals surface area (Å²) in [6.45, 7) is -1.04. The van der Waals surface area contributed by atoms with Crippen LogP contribution in [-0.2, 0) is 0 Å². The summed E-state index contributed by atoms with van der Waals surface area (Å²) in [7, 11) is 0. The fraction of sp³-hybridized carbons (Fsp3) is 0.250. The number of anilines is 1. The first-order chi connectivity index (χ1) is 5.58. The summed E-state index contributed by atoms with van der Waals surface area (Å²) < 4.78 is 27.6. The minimum Gasteiger partial charge on any atom is -0.435 e. The number of benzene rings is 1. The molecule has 0 bridgehead atoms. The van der Waals surface area contributed by atoms with E-state index >= 15 is 0 Å². The highest BCUT2D eigenvalue weighted by Gasteiger charge is 2.04. The van der Waals surface area contributed by atoms with Crippen LogP contribution in [0.4, 0.5) is 14.5 Å². The molecule has 0 aliphatic heterocycles. The summed E-state index contributed by atoms with van der Waals surface area (Å²) in [5, 5.41) is 0. The molecule has 1 rings (SSSR count). The minimum absolute atomic E-state index is 0.0995. The molecule has 2 nitrogen and oxygen atoms in total. The molecule has 12 heavy (non-hydrogen) atoms. The van der Waals surface area contributed by atoms with Crippen molar-refractivity contribution in [3.63, 3.8) is 0 Å². The molecule has 0 saturated heterocycles. The standard InChI is InChI=1S/C8H9F2NO/c1-5-2-6(11)4-7(3-5)12-8(9)10/h2-4,8H,11H2,1H3. The Balaban J connectivity index is 2.85. The van der Waals surface area contributed by atoms with Gasteiger partial charge in [0.15, 0.2) is 0 Å². The van der Waals surface area contributed by atoms with Crippen LogP contribution in [0.25, 0.3) is 0 Å². The van der Waals surface area contributed by atoms with Gasteiger partial charge >= 0.3 is 6.61 Å². The predicted molar refractivity (Wildman–Crippen MR) is 42.2 cm³/mol. The second-order valence-corrected chi connectivity index (χ2v) is 2.46. The molecule has 1 aromatic rings. The average molecular weight is 173 g/mol. The lowest BCUT2D eigenvalue weighted by atomic mass is 10.2. The van der Waals surface area contributed by atoms with Crippen molar-refractivity contribution in [2.24, 2.45) is 0 Å². The number of nitrogens with two attached hydrogens (primary N) is 1. The number of hydrogen-bond donors (Lipinski definition) is 1. The first kappa shape index (κ1) is 8.77. The molecule has 2 N–H and O–H groups in total. The largest absolute Gasteiger partial charge is 0.435 e. The summed E-state index contributed by atoms with van der Waals surface area (Å²) in [6, 6.07) is 4.54. The van der Waals surface area contributed by atoms with E-state index in [4.69, 9.17) is 5.73 Å². The lowest BCUT2D eigenvalue weighted by molar-refractivity contribution is -0.0498. The zero-order chi connectivity index (χ0) is 9.14. The van der Waals surface area contributed by atoms with Crippen molar-refractivity contribution in [1.29, 1.82) is 0 Å². The van der Waals surface area contributed by atoms with Crippen molar-refractivity contribution in [3.8, 4) is 5.75 Å². The molecular weight excluding hydrogens is 164 g/mol. The fourth-order valence-electron chi connectivity index (χ4n) is 0.947. The van der Waals surface area contributed by atoms with E-state index < -0.39 is 6.61 Å². The number of aryl methyl sites for hydroxylation is 1. The average Bonchev–Trinajstić information content (AvgIpc) is 1.81. The molecule has 0 fully saturated rings. The van der Waals surface area contributed by atoms with Crippen molar-refractivity contribution in [3.05, 3.63) is 23.8 Å². The Morgan fingerprint density at radius 3 is 2.50 bits per heavy atom. The molecule has 0 amide bonds. The number of rotatable bonds is 2. The maximum Gasteiger partial charge on any atom is 0.387 e. The first-order valence-electron chi connectivity index (χ1n) is 3.40. The summed E-state index contributed by atoms with van der Waals surface area (Å²) in [6.07, 6.45) is 0. The van der Waals surface area contributed by atoms with Crippen LogP contribution in [0.1, 0.15) is 5.56 Å². The minimum atomic E-state index is -2.80. The molecular formula is C8H9F2NO. The maximum atomic E-state index is 11.7. The Morgan fingerprint density at radius 2 is 2.00 bits per heavy atom. The zero-order valence-corrected chi connectivity index (χ0v) is 6.55. The van der Waals surface area contributed by atoms with Crippen LogP contribution < -0.4 is 10.5 Å². The summed E-state index contributed by atoms with van der Waals surface area (Å²) in [5.41, 5.74) is 6.63. The lowest BCUT2D eigenvalue weighted by Crippen LogP contribution is -2.02. The van der Waals surface area contributed by atoms with E-state index in [1.807, 2.05) is 0 Å². The van der Waals surface area contributed by atoms with Crippen molar-refractivity contribution in [2.45, 2.75) is 13.5 Å². The highest BCUT2D eigenvalue weighted by molar-refractivity contribution is 5.47. The van der Waals surface area contributed by atoms with Gasteiger partial charge in [0.25, 0.3) is 0 Å². The molecule has 0 unspecified atom stereocenters. The van der Waals surface area contributed by atoms with E-state index in [0.717, 1.165) is 5.56 Å². The maximum absolute atomic E-state index is 11.7. The van der Waals surface area contributed by atoms with Crippen LogP contribution in [0.5, 0.6) is 5.75 Å². The highest BCUT2D eigenvalue weighted by Crippen LogP contribution is 2.19. The zero-order valence-electron chi connectivity index (χ0n) is 6.55. The number of hydrogen-bond acceptors (Lipinski definition) is 2. The Bertz CT molecular complexity index is 256. The van der Waals surface area contributed by atoms with Gasteiger partial charge in [-0.15, -0.1) is 0 Å². The predicted octanol–water partition coefficient (Wildman–Crippen LogP) is 2.18. The molecule has 66 valence electrons. The van der Waals surface area contributed by atoms with Crippen LogP contribution >= 0.6 is 0 Å². The number of alkyl halides is 2. The molecule has 0 saturated carbocycles. The smallest absolute Gasteiger partial charge is 0.387 e. The van der Waals surface area contributed by atoms with Gasteiger partial charge < -0.3 is 10.5 Å². The number of ether oxygens (including phenoxy) is 1. The third-order valence-corrected chi connectivity index (χ3v) is 1.30. The van der Waals surface area contributed by atoms with Crippen LogP contribution in [0.2, 0.25) is 0 Å². The summed E-state index contributed by atoms with van der Waals surface area (Å²) in [4.78, 5) is 0. The molecule has 0 heterocycles. The molecule has 0 radical (unpaired) electrons. The second kappa shape index (κ2) is 3.38. The Hall–Kier alpha value is -1.32. The monoisotopic (exact) mass is 173 g/mol. The quantitative estimate of drug-likeness (QED) is 0.695.